The molecule has 0 aromatic heterocycles. The molecule has 1 aromatic rings. The van der Waals surface area contributed by atoms with Crippen molar-refractivity contribution in [2.75, 3.05) is 32.8 Å². The standard InChI is InChI=1S/C24H38N2O4/c1-2-3-4-5-6-7-10-23(27)25-20(18-26-13-8-9-14-26)24(28)19-11-12-21-22(17-19)30-16-15-29-21/h11-12,17,20,24,28H,2-10,13-16,18H2,1H3,(H,25,27)/t20?,24-/m1/s1. The van der Waals surface area contributed by atoms with E-state index in [2.05, 4.69) is 17.1 Å². The Hall–Kier alpha value is -1.79. The second-order valence-electron chi connectivity index (χ2n) is 8.55. The van der Waals surface area contributed by atoms with Crippen LogP contribution in [0.4, 0.5) is 0 Å². The molecule has 0 aliphatic carbocycles. The van der Waals surface area contributed by atoms with Crippen molar-refractivity contribution in [2.24, 2.45) is 0 Å². The lowest BCUT2D eigenvalue weighted by Gasteiger charge is -2.29. The predicted octanol–water partition coefficient (Wildman–Crippen LogP) is 3.82. The van der Waals surface area contributed by atoms with E-state index in [-0.39, 0.29) is 11.9 Å². The number of aliphatic hydroxyl groups excluding tert-OH is 1. The third kappa shape index (κ3) is 6.88. The molecule has 0 bridgehead atoms. The maximum absolute atomic E-state index is 12.6. The number of carbonyl (C=O) groups excluding carboxylic acids is 1. The largest absolute Gasteiger partial charge is 0.486 e. The predicted molar refractivity (Wildman–Crippen MR) is 118 cm³/mol. The van der Waals surface area contributed by atoms with Crippen LogP contribution in [0.15, 0.2) is 18.2 Å². The molecule has 1 saturated heterocycles. The summed E-state index contributed by atoms with van der Waals surface area (Å²) in [6.07, 6.45) is 9.04. The first-order chi connectivity index (χ1) is 14.7. The molecule has 30 heavy (non-hydrogen) atoms. The van der Waals surface area contributed by atoms with Gasteiger partial charge >= 0.3 is 0 Å². The fourth-order valence-electron chi connectivity index (χ4n) is 4.29. The molecule has 6 nitrogen and oxygen atoms in total. The van der Waals surface area contributed by atoms with Gasteiger partial charge in [0, 0.05) is 13.0 Å². The highest BCUT2D eigenvalue weighted by Crippen LogP contribution is 2.33. The van der Waals surface area contributed by atoms with Crippen molar-refractivity contribution < 1.29 is 19.4 Å². The Balaban J connectivity index is 1.57. The molecule has 1 amide bonds. The molecule has 2 heterocycles. The highest BCUT2D eigenvalue weighted by Gasteiger charge is 2.27. The van der Waals surface area contributed by atoms with Crippen LogP contribution in [-0.2, 0) is 4.79 Å². The molecule has 1 fully saturated rings. The van der Waals surface area contributed by atoms with Crippen LogP contribution in [0.5, 0.6) is 11.5 Å². The molecule has 1 aromatic carbocycles. The maximum atomic E-state index is 12.6. The monoisotopic (exact) mass is 418 g/mol. The number of unbranched alkanes of at least 4 members (excludes halogenated alkanes) is 5. The van der Waals surface area contributed by atoms with Crippen molar-refractivity contribution >= 4 is 5.91 Å². The summed E-state index contributed by atoms with van der Waals surface area (Å²) < 4.78 is 11.3. The first kappa shape index (κ1) is 22.9. The number of amides is 1. The quantitative estimate of drug-likeness (QED) is 0.505. The van der Waals surface area contributed by atoms with Gasteiger partial charge in [-0.15, -0.1) is 0 Å². The molecule has 2 atom stereocenters. The zero-order valence-corrected chi connectivity index (χ0v) is 18.4. The zero-order valence-electron chi connectivity index (χ0n) is 18.4. The van der Waals surface area contributed by atoms with Crippen molar-refractivity contribution in [1.82, 2.24) is 10.2 Å². The lowest BCUT2D eigenvalue weighted by molar-refractivity contribution is -0.123. The summed E-state index contributed by atoms with van der Waals surface area (Å²) >= 11 is 0. The minimum absolute atomic E-state index is 0.0336. The normalized spacial score (nSPS) is 18.2. The summed E-state index contributed by atoms with van der Waals surface area (Å²) in [7, 11) is 0. The van der Waals surface area contributed by atoms with Crippen LogP contribution in [-0.4, -0.2) is 54.8 Å². The number of nitrogens with one attached hydrogen (secondary N) is 1. The molecule has 1 unspecified atom stereocenters. The van der Waals surface area contributed by atoms with Crippen LogP contribution in [0.1, 0.15) is 76.4 Å². The Morgan fingerprint density at radius 1 is 1.07 bits per heavy atom. The van der Waals surface area contributed by atoms with Gasteiger partial charge in [0.05, 0.1) is 6.04 Å². The summed E-state index contributed by atoms with van der Waals surface area (Å²) in [6, 6.07) is 5.22. The van der Waals surface area contributed by atoms with Crippen molar-refractivity contribution in [3.63, 3.8) is 0 Å². The van der Waals surface area contributed by atoms with E-state index >= 15 is 0 Å². The highest BCUT2D eigenvalue weighted by atomic mass is 16.6. The Labute approximate surface area is 180 Å². The van der Waals surface area contributed by atoms with E-state index in [1.807, 2.05) is 18.2 Å². The summed E-state index contributed by atoms with van der Waals surface area (Å²) in [5, 5.41) is 14.2. The van der Waals surface area contributed by atoms with Gasteiger partial charge in [-0.05, 0) is 50.0 Å². The Kier molecular flexibility index (Phi) is 9.27. The number of carbonyl (C=O) groups is 1. The van der Waals surface area contributed by atoms with Crippen LogP contribution in [0.2, 0.25) is 0 Å². The second kappa shape index (κ2) is 12.2. The molecular formula is C24H38N2O4. The first-order valence-electron chi connectivity index (χ1n) is 11.8. The van der Waals surface area contributed by atoms with E-state index in [1.165, 1.54) is 38.5 Å². The van der Waals surface area contributed by atoms with Crippen molar-refractivity contribution in [3.05, 3.63) is 23.8 Å². The van der Waals surface area contributed by atoms with Crippen LogP contribution >= 0.6 is 0 Å². The minimum Gasteiger partial charge on any atom is -0.486 e. The fourth-order valence-corrected chi connectivity index (χ4v) is 4.29. The molecule has 2 aliphatic heterocycles. The number of rotatable bonds is 12. The van der Waals surface area contributed by atoms with Gasteiger partial charge in [0.1, 0.15) is 19.3 Å². The van der Waals surface area contributed by atoms with E-state index in [0.717, 1.165) is 31.5 Å². The molecule has 0 saturated carbocycles. The highest BCUT2D eigenvalue weighted by molar-refractivity contribution is 5.76. The zero-order chi connectivity index (χ0) is 21.2. The van der Waals surface area contributed by atoms with E-state index in [4.69, 9.17) is 9.47 Å². The first-order valence-corrected chi connectivity index (χ1v) is 11.8. The SMILES string of the molecule is CCCCCCCCC(=O)NC(CN1CCCC1)[C@H](O)c1ccc2c(c1)OCCO2. The van der Waals surface area contributed by atoms with Gasteiger partial charge in [-0.3, -0.25) is 4.79 Å². The lowest BCUT2D eigenvalue weighted by Crippen LogP contribution is -2.46. The number of fused-ring (bicyclic) bond motifs is 1. The topological polar surface area (TPSA) is 71.0 Å². The summed E-state index contributed by atoms with van der Waals surface area (Å²) in [6.45, 7) is 5.98. The van der Waals surface area contributed by atoms with Gasteiger partial charge in [-0.25, -0.2) is 0 Å². The van der Waals surface area contributed by atoms with Crippen molar-refractivity contribution in [2.45, 2.75) is 76.9 Å². The van der Waals surface area contributed by atoms with Gasteiger partial charge in [0.2, 0.25) is 5.91 Å². The van der Waals surface area contributed by atoms with E-state index < -0.39 is 6.10 Å². The van der Waals surface area contributed by atoms with Crippen LogP contribution in [0.25, 0.3) is 0 Å². The third-order valence-corrected chi connectivity index (χ3v) is 6.05. The Bertz CT molecular complexity index is 661. The molecule has 2 N–H and O–H groups in total. The van der Waals surface area contributed by atoms with Gasteiger partial charge in [-0.2, -0.15) is 0 Å². The molecular weight excluding hydrogens is 380 g/mol. The van der Waals surface area contributed by atoms with E-state index in [9.17, 15) is 9.90 Å². The number of ether oxygens (including phenoxy) is 2. The second-order valence-corrected chi connectivity index (χ2v) is 8.55. The van der Waals surface area contributed by atoms with E-state index in [1.54, 1.807) is 0 Å². The molecule has 0 spiro atoms. The average Bonchev–Trinajstić information content (AvgIpc) is 3.28. The minimum atomic E-state index is -0.782. The Morgan fingerprint density at radius 2 is 1.77 bits per heavy atom. The molecule has 2 aliphatic rings. The van der Waals surface area contributed by atoms with Gasteiger partial charge in [-0.1, -0.05) is 45.1 Å². The third-order valence-electron chi connectivity index (χ3n) is 6.05. The molecule has 0 radical (unpaired) electrons. The maximum Gasteiger partial charge on any atom is 0.220 e. The summed E-state index contributed by atoms with van der Waals surface area (Å²) in [5.74, 6) is 1.41. The van der Waals surface area contributed by atoms with Crippen LogP contribution in [0, 0.1) is 0 Å². The molecule has 168 valence electrons. The van der Waals surface area contributed by atoms with Gasteiger partial charge in [0.25, 0.3) is 0 Å². The van der Waals surface area contributed by atoms with Gasteiger partial charge in [0.15, 0.2) is 11.5 Å². The number of benzene rings is 1. The summed E-state index contributed by atoms with van der Waals surface area (Å²) in [5.41, 5.74) is 0.753. The molecule has 6 heteroatoms. The van der Waals surface area contributed by atoms with Crippen LogP contribution in [0.3, 0.4) is 0 Å². The smallest absolute Gasteiger partial charge is 0.220 e. The number of hydrogen-bond acceptors (Lipinski definition) is 5. The van der Waals surface area contributed by atoms with E-state index in [0.29, 0.717) is 37.7 Å². The number of aliphatic hydroxyl groups is 1. The number of hydrogen-bond donors (Lipinski definition) is 2. The van der Waals surface area contributed by atoms with Crippen LogP contribution < -0.4 is 14.8 Å². The number of nitrogens with zero attached hydrogens (tertiary/aromatic N) is 1. The van der Waals surface area contributed by atoms with Gasteiger partial charge < -0.3 is 24.8 Å². The molecule has 3 rings (SSSR count). The Morgan fingerprint density at radius 3 is 2.53 bits per heavy atom. The van der Waals surface area contributed by atoms with Crippen molar-refractivity contribution in [1.29, 1.82) is 0 Å². The fraction of sp³-hybridized carbons (Fsp3) is 0.708. The summed E-state index contributed by atoms with van der Waals surface area (Å²) in [4.78, 5) is 14.9. The average molecular weight is 419 g/mol. The number of likely N-dealkylation sites (tertiary alicyclic amines) is 1. The van der Waals surface area contributed by atoms with Crippen molar-refractivity contribution in [3.8, 4) is 11.5 Å². The lowest BCUT2D eigenvalue weighted by atomic mass is 10.0.